The zero-order chi connectivity index (χ0) is 12.7. The van der Waals surface area contributed by atoms with Gasteiger partial charge in [0, 0.05) is 6.54 Å². The van der Waals surface area contributed by atoms with Gasteiger partial charge in [0.05, 0.1) is 5.69 Å². The lowest BCUT2D eigenvalue weighted by Crippen LogP contribution is -2.12. The van der Waals surface area contributed by atoms with Crippen molar-refractivity contribution < 1.29 is 0 Å². The summed E-state index contributed by atoms with van der Waals surface area (Å²) in [6, 6.07) is 11.0. The summed E-state index contributed by atoms with van der Waals surface area (Å²) in [7, 11) is 3.94. The molecule has 5 heteroatoms. The highest BCUT2D eigenvalue weighted by atomic mass is 15.3. The second kappa shape index (κ2) is 6.26. The van der Waals surface area contributed by atoms with Gasteiger partial charge in [-0.2, -0.15) is 15.6 Å². The summed E-state index contributed by atoms with van der Waals surface area (Å²) < 4.78 is 0. The van der Waals surface area contributed by atoms with Crippen LogP contribution in [0.15, 0.2) is 29.4 Å². The van der Waals surface area contributed by atoms with Crippen LogP contribution in [-0.2, 0) is 6.54 Å². The second-order valence-electron chi connectivity index (χ2n) is 3.69. The summed E-state index contributed by atoms with van der Waals surface area (Å²) in [5.74, 6) is 0. The maximum Gasteiger partial charge on any atom is 0.237 e. The number of anilines is 1. The molecule has 0 fully saturated rings. The van der Waals surface area contributed by atoms with Crippen molar-refractivity contribution in [1.82, 2.24) is 4.90 Å². The van der Waals surface area contributed by atoms with Crippen molar-refractivity contribution in [3.8, 4) is 12.1 Å². The Morgan fingerprint density at radius 1 is 1.29 bits per heavy atom. The van der Waals surface area contributed by atoms with Gasteiger partial charge < -0.3 is 4.90 Å². The maximum absolute atomic E-state index is 8.57. The molecule has 0 aliphatic heterocycles. The molecule has 5 nitrogen and oxygen atoms in total. The summed E-state index contributed by atoms with van der Waals surface area (Å²) in [4.78, 5) is 2.03. The summed E-state index contributed by atoms with van der Waals surface area (Å²) in [6.45, 7) is 0.757. The van der Waals surface area contributed by atoms with Crippen LogP contribution in [0.4, 0.5) is 5.69 Å². The highest BCUT2D eigenvalue weighted by Gasteiger charge is 2.02. The zero-order valence-electron chi connectivity index (χ0n) is 9.81. The molecule has 0 saturated carbocycles. The fourth-order valence-corrected chi connectivity index (χ4v) is 1.30. The Labute approximate surface area is 101 Å². The van der Waals surface area contributed by atoms with Gasteiger partial charge in [-0.1, -0.05) is 18.2 Å². The number of nitrogens with zero attached hydrogens (tertiary/aromatic N) is 4. The molecule has 0 spiro atoms. The largest absolute Gasteiger partial charge is 0.305 e. The molecule has 0 heterocycles. The standard InChI is InChI=1S/C12H13N5/c1-17(2)9-10-5-3-4-6-12(10)16-15-11(7-13)8-14/h3-6,16H,9H2,1-2H3. The van der Waals surface area contributed by atoms with E-state index < -0.39 is 0 Å². The minimum Gasteiger partial charge on any atom is -0.305 e. The van der Waals surface area contributed by atoms with Crippen molar-refractivity contribution in [3.63, 3.8) is 0 Å². The van der Waals surface area contributed by atoms with Crippen molar-refractivity contribution in [2.24, 2.45) is 5.10 Å². The van der Waals surface area contributed by atoms with Crippen LogP contribution < -0.4 is 5.43 Å². The van der Waals surface area contributed by atoms with Gasteiger partial charge in [-0.05, 0) is 25.7 Å². The molecule has 1 aromatic carbocycles. The van der Waals surface area contributed by atoms with E-state index in [0.29, 0.717) is 0 Å². The monoisotopic (exact) mass is 227 g/mol. The smallest absolute Gasteiger partial charge is 0.237 e. The molecule has 0 atom stereocenters. The third-order valence-electron chi connectivity index (χ3n) is 2.00. The van der Waals surface area contributed by atoms with Crippen molar-refractivity contribution in [3.05, 3.63) is 29.8 Å². The Hall–Kier alpha value is -2.37. The van der Waals surface area contributed by atoms with Crippen molar-refractivity contribution >= 4 is 11.4 Å². The van der Waals surface area contributed by atoms with E-state index in [1.54, 1.807) is 12.1 Å². The molecule has 1 aromatic rings. The molecule has 0 bridgehead atoms. The first-order valence-electron chi connectivity index (χ1n) is 5.04. The number of benzene rings is 1. The zero-order valence-corrected chi connectivity index (χ0v) is 9.81. The lowest BCUT2D eigenvalue weighted by molar-refractivity contribution is 0.403. The average molecular weight is 227 g/mol. The highest BCUT2D eigenvalue weighted by molar-refractivity contribution is 6.10. The van der Waals surface area contributed by atoms with Gasteiger partial charge in [0.25, 0.3) is 0 Å². The minimum absolute atomic E-state index is 0.190. The number of nitrogens with one attached hydrogen (secondary N) is 1. The Bertz CT molecular complexity index is 474. The lowest BCUT2D eigenvalue weighted by atomic mass is 10.2. The average Bonchev–Trinajstić information content (AvgIpc) is 2.31. The van der Waals surface area contributed by atoms with Crippen molar-refractivity contribution in [2.75, 3.05) is 19.5 Å². The van der Waals surface area contributed by atoms with Gasteiger partial charge in [-0.15, -0.1) is 0 Å². The van der Waals surface area contributed by atoms with Gasteiger partial charge in [0.15, 0.2) is 0 Å². The van der Waals surface area contributed by atoms with Gasteiger partial charge in [0.1, 0.15) is 12.1 Å². The third kappa shape index (κ3) is 3.94. The van der Waals surface area contributed by atoms with E-state index in [0.717, 1.165) is 17.8 Å². The van der Waals surface area contributed by atoms with Gasteiger partial charge in [-0.3, -0.25) is 5.43 Å². The first-order valence-corrected chi connectivity index (χ1v) is 5.04. The normalized spacial score (nSPS) is 9.24. The number of hydrogen-bond donors (Lipinski definition) is 1. The Balaban J connectivity index is 2.89. The first kappa shape index (κ1) is 12.7. The van der Waals surface area contributed by atoms with E-state index in [9.17, 15) is 0 Å². The fraction of sp³-hybridized carbons (Fsp3) is 0.250. The van der Waals surface area contributed by atoms with E-state index in [4.69, 9.17) is 10.5 Å². The topological polar surface area (TPSA) is 75.2 Å². The predicted molar refractivity (Wildman–Crippen MR) is 66.1 cm³/mol. The van der Waals surface area contributed by atoms with Gasteiger partial charge >= 0.3 is 0 Å². The summed E-state index contributed by atoms with van der Waals surface area (Å²) in [5, 5.41) is 20.9. The molecule has 0 unspecified atom stereocenters. The summed E-state index contributed by atoms with van der Waals surface area (Å²) in [6.07, 6.45) is 0. The quantitative estimate of drug-likeness (QED) is 0.625. The van der Waals surface area contributed by atoms with Gasteiger partial charge in [0.2, 0.25) is 5.71 Å². The van der Waals surface area contributed by atoms with Crippen LogP contribution in [0, 0.1) is 22.7 Å². The first-order chi connectivity index (χ1) is 8.17. The number of hydrogen-bond acceptors (Lipinski definition) is 5. The predicted octanol–water partition coefficient (Wildman–Crippen LogP) is 1.56. The van der Waals surface area contributed by atoms with Crippen LogP contribution >= 0.6 is 0 Å². The van der Waals surface area contributed by atoms with Gasteiger partial charge in [-0.25, -0.2) is 0 Å². The second-order valence-corrected chi connectivity index (χ2v) is 3.69. The minimum atomic E-state index is -0.190. The van der Waals surface area contributed by atoms with E-state index >= 15 is 0 Å². The van der Waals surface area contributed by atoms with E-state index in [1.165, 1.54) is 0 Å². The number of nitriles is 2. The van der Waals surface area contributed by atoms with Crippen LogP contribution in [0.1, 0.15) is 5.56 Å². The highest BCUT2D eigenvalue weighted by Crippen LogP contribution is 2.16. The molecular weight excluding hydrogens is 214 g/mol. The number of para-hydroxylation sites is 1. The van der Waals surface area contributed by atoms with Crippen LogP contribution in [0.25, 0.3) is 0 Å². The molecule has 17 heavy (non-hydrogen) atoms. The Morgan fingerprint density at radius 2 is 1.94 bits per heavy atom. The van der Waals surface area contributed by atoms with Crippen molar-refractivity contribution in [1.29, 1.82) is 10.5 Å². The number of rotatable bonds is 4. The molecular formula is C12H13N5. The molecule has 1 N–H and O–H groups in total. The SMILES string of the molecule is CN(C)Cc1ccccc1NN=C(C#N)C#N. The maximum atomic E-state index is 8.57. The number of hydrazone groups is 1. The molecule has 0 aromatic heterocycles. The molecule has 0 aliphatic carbocycles. The molecule has 0 aliphatic rings. The lowest BCUT2D eigenvalue weighted by Gasteiger charge is -2.13. The van der Waals surface area contributed by atoms with Crippen LogP contribution in [0.3, 0.4) is 0 Å². The summed E-state index contributed by atoms with van der Waals surface area (Å²) in [5.41, 5.74) is 4.39. The van der Waals surface area contributed by atoms with Crippen molar-refractivity contribution in [2.45, 2.75) is 6.54 Å². The fourth-order valence-electron chi connectivity index (χ4n) is 1.30. The molecule has 0 saturated heterocycles. The molecule has 86 valence electrons. The van der Waals surface area contributed by atoms with Crippen LogP contribution in [0.5, 0.6) is 0 Å². The van der Waals surface area contributed by atoms with Crippen LogP contribution in [-0.4, -0.2) is 24.7 Å². The molecule has 1 rings (SSSR count). The molecule has 0 radical (unpaired) electrons. The third-order valence-corrected chi connectivity index (χ3v) is 2.00. The van der Waals surface area contributed by atoms with Crippen LogP contribution in [0.2, 0.25) is 0 Å². The molecule has 0 amide bonds. The van der Waals surface area contributed by atoms with E-state index in [1.807, 2.05) is 43.3 Å². The van der Waals surface area contributed by atoms with E-state index in [2.05, 4.69) is 10.5 Å². The summed E-state index contributed by atoms with van der Waals surface area (Å²) >= 11 is 0. The Kier molecular flexibility index (Phi) is 4.68. The Morgan fingerprint density at radius 3 is 2.53 bits per heavy atom. The van der Waals surface area contributed by atoms with E-state index in [-0.39, 0.29) is 5.71 Å².